The minimum atomic E-state index is -0.136. The molecule has 10 heavy (non-hydrogen) atoms. The predicted molar refractivity (Wildman–Crippen MR) is 42.0 cm³/mol. The smallest absolute Gasteiger partial charge is 0.104 e. The van der Waals surface area contributed by atoms with Crippen molar-refractivity contribution in [1.82, 2.24) is 10.6 Å². The predicted octanol–water partition coefficient (Wildman–Crippen LogP) is -0.119. The summed E-state index contributed by atoms with van der Waals surface area (Å²) in [5.74, 6) is 0. The van der Waals surface area contributed by atoms with Crippen LogP contribution in [0.3, 0.4) is 0 Å². The largest absolute Gasteiger partial charge is 0.398 e. The third-order valence-corrected chi connectivity index (χ3v) is 1.67. The monoisotopic (exact) mass is 139 g/mol. The van der Waals surface area contributed by atoms with Crippen molar-refractivity contribution in [3.8, 4) is 0 Å². The zero-order chi connectivity index (χ0) is 7.61. The average molecular weight is 139 g/mol. The molecule has 0 amide bonds. The highest BCUT2D eigenvalue weighted by Crippen LogP contribution is 2.06. The van der Waals surface area contributed by atoms with Crippen molar-refractivity contribution >= 4 is 0 Å². The van der Waals surface area contributed by atoms with Crippen LogP contribution in [-0.4, -0.2) is 12.7 Å². The molecular formula is C7H13N3. The first-order chi connectivity index (χ1) is 4.66. The summed E-state index contributed by atoms with van der Waals surface area (Å²) in [5, 5.41) is 6.21. The molecule has 56 valence electrons. The maximum Gasteiger partial charge on any atom is 0.104 e. The van der Waals surface area contributed by atoms with E-state index < -0.39 is 0 Å². The summed E-state index contributed by atoms with van der Waals surface area (Å²) in [6.07, 6.45) is 5.66. The van der Waals surface area contributed by atoms with E-state index in [0.29, 0.717) is 0 Å². The number of hydrogen-bond acceptors (Lipinski definition) is 3. The number of likely N-dealkylation sites (N-methyl/N-ethyl adjacent to an activating group) is 1. The van der Waals surface area contributed by atoms with Gasteiger partial charge in [0.1, 0.15) is 5.66 Å². The first-order valence-electron chi connectivity index (χ1n) is 3.28. The first kappa shape index (κ1) is 7.15. The van der Waals surface area contributed by atoms with Crippen LogP contribution in [0.1, 0.15) is 6.92 Å². The van der Waals surface area contributed by atoms with E-state index in [-0.39, 0.29) is 5.66 Å². The summed E-state index contributed by atoms with van der Waals surface area (Å²) < 4.78 is 0. The highest BCUT2D eigenvalue weighted by atomic mass is 15.2. The number of hydrogen-bond donors (Lipinski definition) is 3. The van der Waals surface area contributed by atoms with Gasteiger partial charge in [0.2, 0.25) is 0 Å². The first-order valence-corrected chi connectivity index (χ1v) is 3.28. The number of dihydropyridines is 1. The van der Waals surface area contributed by atoms with Gasteiger partial charge in [0.05, 0.1) is 0 Å². The molecule has 1 aliphatic rings. The molecule has 0 bridgehead atoms. The Kier molecular flexibility index (Phi) is 1.68. The van der Waals surface area contributed by atoms with Crippen molar-refractivity contribution < 1.29 is 0 Å². The zero-order valence-corrected chi connectivity index (χ0v) is 6.31. The van der Waals surface area contributed by atoms with E-state index in [1.165, 1.54) is 0 Å². The lowest BCUT2D eigenvalue weighted by Crippen LogP contribution is -2.50. The van der Waals surface area contributed by atoms with Crippen LogP contribution in [0.15, 0.2) is 24.0 Å². The van der Waals surface area contributed by atoms with Crippen molar-refractivity contribution in [2.75, 3.05) is 7.05 Å². The van der Waals surface area contributed by atoms with E-state index in [9.17, 15) is 0 Å². The normalized spacial score (nSPS) is 31.2. The van der Waals surface area contributed by atoms with Crippen molar-refractivity contribution in [3.05, 3.63) is 24.0 Å². The van der Waals surface area contributed by atoms with Crippen LogP contribution in [-0.2, 0) is 0 Å². The van der Waals surface area contributed by atoms with Gasteiger partial charge in [-0.25, -0.2) is 0 Å². The van der Waals surface area contributed by atoms with Crippen molar-refractivity contribution in [1.29, 1.82) is 0 Å². The second-order valence-corrected chi connectivity index (χ2v) is 2.57. The molecule has 1 heterocycles. The number of nitrogens with one attached hydrogen (secondary N) is 2. The van der Waals surface area contributed by atoms with Crippen LogP contribution >= 0.6 is 0 Å². The van der Waals surface area contributed by atoms with Crippen molar-refractivity contribution in [2.45, 2.75) is 12.6 Å². The van der Waals surface area contributed by atoms with Crippen LogP contribution in [0.25, 0.3) is 0 Å². The minimum Gasteiger partial charge on any atom is -0.398 e. The summed E-state index contributed by atoms with van der Waals surface area (Å²) in [7, 11) is 1.90. The van der Waals surface area contributed by atoms with Gasteiger partial charge in [0.15, 0.2) is 0 Å². The quantitative estimate of drug-likeness (QED) is 0.475. The lowest BCUT2D eigenvalue weighted by Gasteiger charge is -2.28. The fraction of sp³-hybridized carbons (Fsp3) is 0.429. The zero-order valence-electron chi connectivity index (χ0n) is 6.31. The molecule has 0 aromatic heterocycles. The molecule has 0 saturated heterocycles. The molecule has 1 aliphatic heterocycles. The second kappa shape index (κ2) is 2.34. The lowest BCUT2D eigenvalue weighted by molar-refractivity contribution is 0.424. The fourth-order valence-electron chi connectivity index (χ4n) is 0.748. The highest BCUT2D eigenvalue weighted by Gasteiger charge is 2.17. The summed E-state index contributed by atoms with van der Waals surface area (Å²) in [5.41, 5.74) is 6.12. The Labute approximate surface area is 61.0 Å². The molecular weight excluding hydrogens is 126 g/mol. The molecule has 0 aromatic carbocycles. The molecule has 1 rings (SSSR count). The van der Waals surface area contributed by atoms with Gasteiger partial charge in [-0.1, -0.05) is 0 Å². The van der Waals surface area contributed by atoms with E-state index in [1.807, 2.05) is 26.1 Å². The van der Waals surface area contributed by atoms with Gasteiger partial charge in [-0.3, -0.25) is 5.32 Å². The number of rotatable bonds is 1. The third-order valence-electron chi connectivity index (χ3n) is 1.67. The van der Waals surface area contributed by atoms with Gasteiger partial charge in [-0.2, -0.15) is 0 Å². The van der Waals surface area contributed by atoms with Gasteiger partial charge in [0.25, 0.3) is 0 Å². The molecule has 0 fully saturated rings. The summed E-state index contributed by atoms with van der Waals surface area (Å²) >= 11 is 0. The third kappa shape index (κ3) is 1.30. The van der Waals surface area contributed by atoms with Gasteiger partial charge in [-0.05, 0) is 26.1 Å². The van der Waals surface area contributed by atoms with Crippen molar-refractivity contribution in [2.24, 2.45) is 5.73 Å². The topological polar surface area (TPSA) is 50.1 Å². The second-order valence-electron chi connectivity index (χ2n) is 2.57. The molecule has 1 unspecified atom stereocenters. The number of nitrogens with two attached hydrogens (primary N) is 1. The maximum absolute atomic E-state index is 5.49. The van der Waals surface area contributed by atoms with E-state index >= 15 is 0 Å². The van der Waals surface area contributed by atoms with E-state index in [0.717, 1.165) is 5.70 Å². The SMILES string of the molecule is CNC1(C)C=CC(N)=CN1. The van der Waals surface area contributed by atoms with E-state index in [2.05, 4.69) is 10.6 Å². The van der Waals surface area contributed by atoms with Gasteiger partial charge < -0.3 is 11.1 Å². The molecule has 3 heteroatoms. The summed E-state index contributed by atoms with van der Waals surface area (Å²) in [4.78, 5) is 0. The molecule has 0 radical (unpaired) electrons. The van der Waals surface area contributed by atoms with Crippen LogP contribution in [0.4, 0.5) is 0 Å². The Morgan fingerprint density at radius 1 is 1.70 bits per heavy atom. The number of allylic oxidation sites excluding steroid dienone is 1. The summed E-state index contributed by atoms with van der Waals surface area (Å²) in [6, 6.07) is 0. The van der Waals surface area contributed by atoms with Crippen LogP contribution < -0.4 is 16.4 Å². The molecule has 4 N–H and O–H groups in total. The lowest BCUT2D eigenvalue weighted by atomic mass is 10.1. The van der Waals surface area contributed by atoms with Crippen molar-refractivity contribution in [3.63, 3.8) is 0 Å². The molecule has 0 spiro atoms. The fourth-order valence-corrected chi connectivity index (χ4v) is 0.748. The van der Waals surface area contributed by atoms with Crippen LogP contribution in [0, 0.1) is 0 Å². The molecule has 0 aliphatic carbocycles. The Balaban J connectivity index is 2.67. The van der Waals surface area contributed by atoms with E-state index in [1.54, 1.807) is 6.20 Å². The van der Waals surface area contributed by atoms with Crippen LogP contribution in [0.2, 0.25) is 0 Å². The molecule has 1 atom stereocenters. The highest BCUT2D eigenvalue weighted by molar-refractivity contribution is 5.23. The minimum absolute atomic E-state index is 0.136. The Morgan fingerprint density at radius 2 is 2.40 bits per heavy atom. The Morgan fingerprint density at radius 3 is 2.80 bits per heavy atom. The van der Waals surface area contributed by atoms with Gasteiger partial charge in [-0.15, -0.1) is 0 Å². The molecule has 3 nitrogen and oxygen atoms in total. The molecule has 0 aromatic rings. The van der Waals surface area contributed by atoms with E-state index in [4.69, 9.17) is 5.73 Å². The Bertz CT molecular complexity index is 183. The molecule has 0 saturated carbocycles. The average Bonchev–Trinajstić information content (AvgIpc) is 1.96. The summed E-state index contributed by atoms with van der Waals surface area (Å²) in [6.45, 7) is 2.03. The Hall–Kier alpha value is -0.960. The van der Waals surface area contributed by atoms with Crippen LogP contribution in [0.5, 0.6) is 0 Å². The van der Waals surface area contributed by atoms with Gasteiger partial charge >= 0.3 is 0 Å². The maximum atomic E-state index is 5.49. The standard InChI is InChI=1S/C7H13N3/c1-7(9-2)4-3-6(8)5-10-7/h3-5,9-10H,8H2,1-2H3. The van der Waals surface area contributed by atoms with Gasteiger partial charge in [0, 0.05) is 11.9 Å².